The molecule has 1 aliphatic heterocycles. The van der Waals surface area contributed by atoms with Gasteiger partial charge in [-0.1, -0.05) is 18.3 Å². The Morgan fingerprint density at radius 2 is 1.97 bits per heavy atom. The Morgan fingerprint density at radius 1 is 1.24 bits per heavy atom. The first-order valence-electron chi connectivity index (χ1n) is 10.7. The number of aryl methyl sites for hydroxylation is 1. The smallest absolute Gasteiger partial charge is 0.279 e. The first kappa shape index (κ1) is 23.3. The van der Waals surface area contributed by atoms with Crippen LogP contribution in [-0.2, 0) is 16.6 Å². The fourth-order valence-electron chi connectivity index (χ4n) is 4.00. The molecular weight excluding hydrogens is 464 g/mol. The molecule has 0 saturated carbocycles. The Labute approximate surface area is 195 Å². The molecule has 174 valence electrons. The topological polar surface area (TPSA) is 115 Å². The standard InChI is InChI=1S/C22H24N4O5S2/c1-3-25-19-11-8-17(26(28)29)13-20(19)32-22(25)23-21(27)16-6-9-18(10-7-16)33(30,31)24-12-4-5-15(2)14-24/h6-11,13,15H,3-5,12,14H2,1-2H3/t15-/m1/s1. The molecule has 1 saturated heterocycles. The summed E-state index contributed by atoms with van der Waals surface area (Å²) in [5.74, 6) is -0.185. The van der Waals surface area contributed by atoms with Crippen LogP contribution in [0.4, 0.5) is 5.69 Å². The van der Waals surface area contributed by atoms with Gasteiger partial charge in [0.25, 0.3) is 11.6 Å². The van der Waals surface area contributed by atoms with Crippen LogP contribution in [0.3, 0.4) is 0 Å². The van der Waals surface area contributed by atoms with Gasteiger partial charge in [0, 0.05) is 37.3 Å². The molecule has 1 atom stereocenters. The third-order valence-corrected chi connectivity index (χ3v) is 8.67. The highest BCUT2D eigenvalue weighted by Gasteiger charge is 2.28. The number of benzene rings is 2. The van der Waals surface area contributed by atoms with Crippen LogP contribution in [0.15, 0.2) is 52.4 Å². The predicted octanol–water partition coefficient (Wildman–Crippen LogP) is 3.79. The van der Waals surface area contributed by atoms with Crippen molar-refractivity contribution in [1.82, 2.24) is 8.87 Å². The van der Waals surface area contributed by atoms with E-state index in [0.29, 0.717) is 35.1 Å². The van der Waals surface area contributed by atoms with E-state index in [0.717, 1.165) is 18.4 Å². The number of nitro groups is 1. The van der Waals surface area contributed by atoms with Crippen LogP contribution < -0.4 is 4.80 Å². The predicted molar refractivity (Wildman–Crippen MR) is 126 cm³/mol. The van der Waals surface area contributed by atoms with Gasteiger partial charge in [-0.2, -0.15) is 9.30 Å². The summed E-state index contributed by atoms with van der Waals surface area (Å²) >= 11 is 1.20. The van der Waals surface area contributed by atoms with Gasteiger partial charge in [-0.15, -0.1) is 0 Å². The fourth-order valence-corrected chi connectivity index (χ4v) is 6.72. The molecule has 2 aromatic carbocycles. The van der Waals surface area contributed by atoms with E-state index in [-0.39, 0.29) is 16.1 Å². The van der Waals surface area contributed by atoms with Crippen molar-refractivity contribution < 1.29 is 18.1 Å². The summed E-state index contributed by atoms with van der Waals surface area (Å²) < 4.78 is 29.8. The van der Waals surface area contributed by atoms with Gasteiger partial charge in [-0.3, -0.25) is 14.9 Å². The first-order chi connectivity index (χ1) is 15.7. The summed E-state index contributed by atoms with van der Waals surface area (Å²) in [6.07, 6.45) is 1.86. The SMILES string of the molecule is CCn1c(=NC(=O)c2ccc(S(=O)(=O)N3CCC[C@@H](C)C3)cc2)sc2cc([N+](=O)[O-])ccc21. The van der Waals surface area contributed by atoms with Crippen LogP contribution in [0.5, 0.6) is 0 Å². The van der Waals surface area contributed by atoms with E-state index in [4.69, 9.17) is 0 Å². The van der Waals surface area contributed by atoms with Crippen LogP contribution in [0.25, 0.3) is 10.2 Å². The second-order valence-corrected chi connectivity index (χ2v) is 11.0. The molecule has 0 aliphatic carbocycles. The molecule has 0 unspecified atom stereocenters. The first-order valence-corrected chi connectivity index (χ1v) is 12.9. The van der Waals surface area contributed by atoms with Gasteiger partial charge in [0.1, 0.15) is 0 Å². The monoisotopic (exact) mass is 488 g/mol. The highest BCUT2D eigenvalue weighted by molar-refractivity contribution is 7.89. The summed E-state index contributed by atoms with van der Waals surface area (Å²) in [5, 5.41) is 11.1. The Bertz CT molecular complexity index is 1390. The van der Waals surface area contributed by atoms with E-state index in [1.165, 1.54) is 52.0 Å². The molecule has 11 heteroatoms. The van der Waals surface area contributed by atoms with Crippen LogP contribution in [0, 0.1) is 16.0 Å². The van der Waals surface area contributed by atoms with Crippen molar-refractivity contribution in [3.63, 3.8) is 0 Å². The molecule has 33 heavy (non-hydrogen) atoms. The minimum atomic E-state index is -3.60. The molecule has 3 aromatic rings. The maximum Gasteiger partial charge on any atom is 0.279 e. The number of piperidine rings is 1. The van der Waals surface area contributed by atoms with Gasteiger partial charge in [-0.25, -0.2) is 8.42 Å². The number of aromatic nitrogens is 1. The Balaban J connectivity index is 1.64. The molecule has 9 nitrogen and oxygen atoms in total. The van der Waals surface area contributed by atoms with Crippen molar-refractivity contribution in [2.24, 2.45) is 10.9 Å². The molecule has 0 N–H and O–H groups in total. The second kappa shape index (κ2) is 9.16. The zero-order valence-corrected chi connectivity index (χ0v) is 19.9. The molecular formula is C22H24N4O5S2. The van der Waals surface area contributed by atoms with E-state index >= 15 is 0 Å². The number of nitrogens with zero attached hydrogens (tertiary/aromatic N) is 4. The largest absolute Gasteiger partial charge is 0.317 e. The number of non-ortho nitro benzene ring substituents is 1. The van der Waals surface area contributed by atoms with E-state index < -0.39 is 20.9 Å². The molecule has 0 bridgehead atoms. The summed E-state index contributed by atoms with van der Waals surface area (Å²) in [6.45, 7) is 5.48. The fraction of sp³-hybridized carbons (Fsp3) is 0.364. The average Bonchev–Trinajstić information content (AvgIpc) is 3.15. The minimum Gasteiger partial charge on any atom is -0.317 e. The number of rotatable bonds is 5. The number of hydrogen-bond acceptors (Lipinski definition) is 6. The number of fused-ring (bicyclic) bond motifs is 1. The zero-order valence-electron chi connectivity index (χ0n) is 18.3. The number of sulfonamides is 1. The molecule has 0 spiro atoms. The molecule has 1 amide bonds. The lowest BCUT2D eigenvalue weighted by molar-refractivity contribution is -0.384. The Kier molecular flexibility index (Phi) is 6.46. The van der Waals surface area contributed by atoms with Gasteiger partial charge < -0.3 is 4.57 Å². The number of nitro benzene ring substituents is 1. The van der Waals surface area contributed by atoms with Crippen LogP contribution in [-0.4, -0.2) is 41.2 Å². The third-order valence-electron chi connectivity index (χ3n) is 5.75. The summed E-state index contributed by atoms with van der Waals surface area (Å²) in [6, 6.07) is 10.4. The number of hydrogen-bond donors (Lipinski definition) is 0. The molecule has 4 rings (SSSR count). The lowest BCUT2D eigenvalue weighted by atomic mass is 10.0. The Hall–Kier alpha value is -2.89. The van der Waals surface area contributed by atoms with E-state index in [9.17, 15) is 23.3 Å². The van der Waals surface area contributed by atoms with Gasteiger partial charge >= 0.3 is 0 Å². The molecule has 1 aliphatic rings. The number of amides is 1. The third kappa shape index (κ3) is 4.61. The number of carbonyl (C=O) groups is 1. The number of carbonyl (C=O) groups excluding carboxylic acids is 1. The summed E-state index contributed by atoms with van der Waals surface area (Å²) in [7, 11) is -3.60. The lowest BCUT2D eigenvalue weighted by Crippen LogP contribution is -2.39. The van der Waals surface area contributed by atoms with Gasteiger partial charge in [0.05, 0.1) is 20.0 Å². The van der Waals surface area contributed by atoms with E-state index in [2.05, 4.69) is 4.99 Å². The molecule has 0 radical (unpaired) electrons. The lowest BCUT2D eigenvalue weighted by Gasteiger charge is -2.30. The molecule has 1 aromatic heterocycles. The Morgan fingerprint density at radius 3 is 2.61 bits per heavy atom. The summed E-state index contributed by atoms with van der Waals surface area (Å²) in [5.41, 5.74) is 1.01. The highest BCUT2D eigenvalue weighted by atomic mass is 32.2. The van der Waals surface area contributed by atoms with Crippen molar-refractivity contribution >= 4 is 43.2 Å². The minimum absolute atomic E-state index is 0.0234. The van der Waals surface area contributed by atoms with Crippen molar-refractivity contribution in [3.05, 3.63) is 62.9 Å². The number of thiazole rings is 1. The summed E-state index contributed by atoms with van der Waals surface area (Å²) in [4.78, 5) is 28.2. The molecule has 1 fully saturated rings. The normalized spacial score (nSPS) is 18.0. The maximum absolute atomic E-state index is 12.9. The van der Waals surface area contributed by atoms with Gasteiger partial charge in [0.2, 0.25) is 10.0 Å². The van der Waals surface area contributed by atoms with E-state index in [1.54, 1.807) is 6.07 Å². The average molecular weight is 489 g/mol. The van der Waals surface area contributed by atoms with Crippen molar-refractivity contribution in [3.8, 4) is 0 Å². The highest BCUT2D eigenvalue weighted by Crippen LogP contribution is 2.25. The zero-order chi connectivity index (χ0) is 23.8. The quantitative estimate of drug-likeness (QED) is 0.400. The second-order valence-electron chi connectivity index (χ2n) is 8.09. The van der Waals surface area contributed by atoms with Crippen LogP contribution >= 0.6 is 11.3 Å². The van der Waals surface area contributed by atoms with Crippen LogP contribution in [0.2, 0.25) is 0 Å². The molecule has 2 heterocycles. The maximum atomic E-state index is 12.9. The van der Waals surface area contributed by atoms with E-state index in [1.807, 2.05) is 18.4 Å². The van der Waals surface area contributed by atoms with Crippen molar-refractivity contribution in [1.29, 1.82) is 0 Å². The van der Waals surface area contributed by atoms with Gasteiger partial charge in [-0.05, 0) is 56.0 Å². The van der Waals surface area contributed by atoms with Crippen molar-refractivity contribution in [2.45, 2.75) is 38.1 Å². The van der Waals surface area contributed by atoms with Crippen molar-refractivity contribution in [2.75, 3.05) is 13.1 Å². The van der Waals surface area contributed by atoms with Crippen LogP contribution in [0.1, 0.15) is 37.0 Å². The van der Waals surface area contributed by atoms with Gasteiger partial charge in [0.15, 0.2) is 4.80 Å².